The third-order valence-corrected chi connectivity index (χ3v) is 4.24. The number of nitrogens with two attached hydrogens (primary N) is 1. The minimum Gasteiger partial charge on any atom is -0.397 e. The van der Waals surface area contributed by atoms with Gasteiger partial charge in [0.25, 0.3) is 0 Å². The molecule has 6 nitrogen and oxygen atoms in total. The minimum absolute atomic E-state index is 0.658. The van der Waals surface area contributed by atoms with Gasteiger partial charge in [0.05, 0.1) is 17.5 Å². The Kier molecular flexibility index (Phi) is 2.71. The summed E-state index contributed by atoms with van der Waals surface area (Å²) in [6.45, 7) is 0. The molecule has 3 aromatic heterocycles. The highest BCUT2D eigenvalue weighted by atomic mass is 32.2. The summed E-state index contributed by atoms with van der Waals surface area (Å²) in [6.07, 6.45) is 4.89. The van der Waals surface area contributed by atoms with Crippen LogP contribution in [0.1, 0.15) is 0 Å². The Labute approximate surface area is 123 Å². The second-order valence-corrected chi connectivity index (χ2v) is 5.47. The van der Waals surface area contributed by atoms with Crippen LogP contribution in [0.5, 0.6) is 0 Å². The Bertz CT molecular complexity index is 948. The standard InChI is InChI=1S/C14H10N6S/c15-9-3-1-2-8-10(4-5-16-11(8)9)21-14-12-13(18-6-17-12)19-7-20-14/h1-7H,15H2,(H,17,18,19,20). The van der Waals surface area contributed by atoms with Gasteiger partial charge in [-0.3, -0.25) is 4.98 Å². The van der Waals surface area contributed by atoms with Crippen molar-refractivity contribution in [3.8, 4) is 0 Å². The van der Waals surface area contributed by atoms with Crippen molar-refractivity contribution in [1.82, 2.24) is 24.9 Å². The topological polar surface area (TPSA) is 93.4 Å². The second kappa shape index (κ2) is 4.71. The number of nitrogens with one attached hydrogen (secondary N) is 1. The van der Waals surface area contributed by atoms with E-state index >= 15 is 0 Å². The molecule has 102 valence electrons. The number of hydrogen-bond acceptors (Lipinski definition) is 6. The van der Waals surface area contributed by atoms with Crippen molar-refractivity contribution in [2.75, 3.05) is 5.73 Å². The molecule has 0 radical (unpaired) electrons. The number of benzene rings is 1. The molecule has 1 aromatic carbocycles. The zero-order chi connectivity index (χ0) is 14.2. The first-order chi connectivity index (χ1) is 10.3. The molecule has 0 unspecified atom stereocenters. The van der Waals surface area contributed by atoms with E-state index in [1.54, 1.807) is 24.3 Å². The number of nitrogens with zero attached hydrogens (tertiary/aromatic N) is 4. The predicted molar refractivity (Wildman–Crippen MR) is 82.0 cm³/mol. The predicted octanol–water partition coefficient (Wildman–Crippen LogP) is 2.63. The van der Waals surface area contributed by atoms with Crippen molar-refractivity contribution in [2.24, 2.45) is 0 Å². The molecule has 0 fully saturated rings. The fraction of sp³-hybridized carbons (Fsp3) is 0. The zero-order valence-corrected chi connectivity index (χ0v) is 11.6. The molecule has 0 aliphatic rings. The molecule has 0 saturated heterocycles. The number of para-hydroxylation sites is 1. The Morgan fingerprint density at radius 2 is 2.00 bits per heavy atom. The third kappa shape index (κ3) is 1.98. The summed E-state index contributed by atoms with van der Waals surface area (Å²) >= 11 is 1.54. The van der Waals surface area contributed by atoms with Gasteiger partial charge in [0.15, 0.2) is 5.65 Å². The maximum atomic E-state index is 5.98. The van der Waals surface area contributed by atoms with Crippen molar-refractivity contribution in [1.29, 1.82) is 0 Å². The normalized spacial score (nSPS) is 11.2. The third-order valence-electron chi connectivity index (χ3n) is 3.16. The van der Waals surface area contributed by atoms with Gasteiger partial charge >= 0.3 is 0 Å². The van der Waals surface area contributed by atoms with Crippen molar-refractivity contribution >= 4 is 39.5 Å². The number of rotatable bonds is 2. The molecule has 7 heteroatoms. The van der Waals surface area contributed by atoms with E-state index in [1.165, 1.54) is 6.33 Å². The van der Waals surface area contributed by atoms with Crippen molar-refractivity contribution in [3.63, 3.8) is 0 Å². The number of nitrogen functional groups attached to an aromatic ring is 1. The van der Waals surface area contributed by atoms with Crippen LogP contribution in [0.25, 0.3) is 22.1 Å². The van der Waals surface area contributed by atoms with Gasteiger partial charge in [-0.15, -0.1) is 0 Å². The molecule has 0 aliphatic carbocycles. The molecule has 0 atom stereocenters. The minimum atomic E-state index is 0.658. The molecular weight excluding hydrogens is 284 g/mol. The van der Waals surface area contributed by atoms with Crippen molar-refractivity contribution in [2.45, 2.75) is 9.92 Å². The molecule has 0 bridgehead atoms. The first kappa shape index (κ1) is 12.1. The van der Waals surface area contributed by atoms with E-state index in [0.717, 1.165) is 26.3 Å². The van der Waals surface area contributed by atoms with E-state index in [9.17, 15) is 0 Å². The lowest BCUT2D eigenvalue weighted by molar-refractivity contribution is 1.08. The number of imidazole rings is 1. The van der Waals surface area contributed by atoms with Gasteiger partial charge in [-0.1, -0.05) is 23.9 Å². The second-order valence-electron chi connectivity index (χ2n) is 4.43. The highest BCUT2D eigenvalue weighted by molar-refractivity contribution is 7.99. The first-order valence-corrected chi connectivity index (χ1v) is 7.10. The van der Waals surface area contributed by atoms with E-state index in [1.807, 2.05) is 24.3 Å². The number of fused-ring (bicyclic) bond motifs is 2. The maximum absolute atomic E-state index is 5.98. The summed E-state index contributed by atoms with van der Waals surface area (Å²) < 4.78 is 0. The van der Waals surface area contributed by atoms with Gasteiger partial charge in [-0.05, 0) is 12.1 Å². The summed E-state index contributed by atoms with van der Waals surface area (Å²) in [5.41, 5.74) is 8.94. The molecule has 3 heterocycles. The Morgan fingerprint density at radius 1 is 1.05 bits per heavy atom. The molecule has 0 saturated carbocycles. The van der Waals surface area contributed by atoms with E-state index < -0.39 is 0 Å². The van der Waals surface area contributed by atoms with Gasteiger partial charge in [0, 0.05) is 16.5 Å². The number of H-pyrrole nitrogens is 1. The lowest BCUT2D eigenvalue weighted by Gasteiger charge is -2.07. The molecule has 3 N–H and O–H groups in total. The SMILES string of the molecule is Nc1cccc2c(Sc3ncnc4nc[nH]c34)ccnc12. The lowest BCUT2D eigenvalue weighted by Crippen LogP contribution is -1.91. The molecule has 21 heavy (non-hydrogen) atoms. The molecule has 0 amide bonds. The smallest absolute Gasteiger partial charge is 0.181 e. The van der Waals surface area contributed by atoms with Gasteiger partial charge in [0.2, 0.25) is 0 Å². The van der Waals surface area contributed by atoms with Crippen LogP contribution in [-0.2, 0) is 0 Å². The van der Waals surface area contributed by atoms with Gasteiger partial charge in [0.1, 0.15) is 16.9 Å². The van der Waals surface area contributed by atoms with Gasteiger partial charge < -0.3 is 10.7 Å². The quantitative estimate of drug-likeness (QED) is 0.436. The van der Waals surface area contributed by atoms with Crippen LogP contribution in [0.15, 0.2) is 53.0 Å². The largest absolute Gasteiger partial charge is 0.397 e. The number of pyridine rings is 1. The van der Waals surface area contributed by atoms with E-state index in [2.05, 4.69) is 24.9 Å². The number of aromatic nitrogens is 5. The fourth-order valence-electron chi connectivity index (χ4n) is 2.19. The highest BCUT2D eigenvalue weighted by Gasteiger charge is 2.11. The molecule has 0 aliphatic heterocycles. The number of anilines is 1. The molecule has 0 spiro atoms. The monoisotopic (exact) mass is 294 g/mol. The maximum Gasteiger partial charge on any atom is 0.181 e. The Morgan fingerprint density at radius 3 is 2.95 bits per heavy atom. The van der Waals surface area contributed by atoms with E-state index in [4.69, 9.17) is 5.73 Å². The van der Waals surface area contributed by atoms with Gasteiger partial charge in [-0.2, -0.15) is 0 Å². The first-order valence-electron chi connectivity index (χ1n) is 6.28. The van der Waals surface area contributed by atoms with Crippen molar-refractivity contribution in [3.05, 3.63) is 43.1 Å². The van der Waals surface area contributed by atoms with Crippen LogP contribution in [0.3, 0.4) is 0 Å². The summed E-state index contributed by atoms with van der Waals surface area (Å²) in [6, 6.07) is 7.74. The van der Waals surface area contributed by atoms with Crippen LogP contribution in [-0.4, -0.2) is 24.9 Å². The summed E-state index contributed by atoms with van der Waals surface area (Å²) in [5.74, 6) is 0. The molecule has 4 aromatic rings. The van der Waals surface area contributed by atoms with E-state index in [0.29, 0.717) is 11.3 Å². The van der Waals surface area contributed by atoms with Crippen LogP contribution >= 0.6 is 11.8 Å². The number of aromatic amines is 1. The van der Waals surface area contributed by atoms with Crippen LogP contribution in [0, 0.1) is 0 Å². The van der Waals surface area contributed by atoms with Gasteiger partial charge in [-0.25, -0.2) is 15.0 Å². The highest BCUT2D eigenvalue weighted by Crippen LogP contribution is 2.35. The summed E-state index contributed by atoms with van der Waals surface area (Å²) in [5, 5.41) is 1.83. The van der Waals surface area contributed by atoms with Crippen LogP contribution < -0.4 is 5.73 Å². The summed E-state index contributed by atoms with van der Waals surface area (Å²) in [4.78, 5) is 21.1. The Hall–Kier alpha value is -2.67. The van der Waals surface area contributed by atoms with Crippen LogP contribution in [0.4, 0.5) is 5.69 Å². The Balaban J connectivity index is 1.88. The lowest BCUT2D eigenvalue weighted by atomic mass is 10.2. The van der Waals surface area contributed by atoms with Crippen LogP contribution in [0.2, 0.25) is 0 Å². The average molecular weight is 294 g/mol. The van der Waals surface area contributed by atoms with E-state index in [-0.39, 0.29) is 0 Å². The van der Waals surface area contributed by atoms with Crippen molar-refractivity contribution < 1.29 is 0 Å². The average Bonchev–Trinajstić information content (AvgIpc) is 2.98. The number of hydrogen-bond donors (Lipinski definition) is 2. The molecular formula is C14H10N6S. The molecule has 4 rings (SSSR count). The fourth-order valence-corrected chi connectivity index (χ4v) is 3.15. The summed E-state index contributed by atoms with van der Waals surface area (Å²) in [7, 11) is 0. The zero-order valence-electron chi connectivity index (χ0n) is 10.8.